The van der Waals surface area contributed by atoms with Crippen LogP contribution in [0.2, 0.25) is 0 Å². The molecule has 2 heteroatoms. The minimum Gasteiger partial charge on any atom is -0.494 e. The van der Waals surface area contributed by atoms with E-state index in [-0.39, 0.29) is 0 Å². The summed E-state index contributed by atoms with van der Waals surface area (Å²) in [6.45, 7) is 2.70. The van der Waals surface area contributed by atoms with Crippen LogP contribution in [-0.4, -0.2) is 12.9 Å². The molecule has 0 spiro atoms. The van der Waals surface area contributed by atoms with E-state index in [4.69, 9.17) is 4.74 Å². The minimum absolute atomic E-state index is 0.705. The van der Waals surface area contributed by atoms with Crippen molar-refractivity contribution in [3.63, 3.8) is 0 Å². The highest BCUT2D eigenvalue weighted by Crippen LogP contribution is 2.22. The van der Waals surface area contributed by atoms with Gasteiger partial charge in [0, 0.05) is 4.90 Å². The molecule has 0 aliphatic heterocycles. The molecule has 1 nitrogen and oxygen atoms in total. The van der Waals surface area contributed by atoms with Gasteiger partial charge in [0.1, 0.15) is 5.75 Å². The lowest BCUT2D eigenvalue weighted by molar-refractivity contribution is 0.340. The van der Waals surface area contributed by atoms with E-state index in [9.17, 15) is 0 Å². The second-order valence-corrected chi connectivity index (χ2v) is 4.93. The van der Waals surface area contributed by atoms with Gasteiger partial charge in [0.25, 0.3) is 0 Å². The van der Waals surface area contributed by atoms with E-state index in [0.29, 0.717) is 6.61 Å². The first-order chi connectivity index (χ1) is 9.33. The van der Waals surface area contributed by atoms with Crippen LogP contribution in [-0.2, 0) is 0 Å². The monoisotopic (exact) mass is 270 g/mol. The van der Waals surface area contributed by atoms with Crippen LogP contribution in [0.3, 0.4) is 0 Å². The first-order valence-corrected chi connectivity index (χ1v) is 7.60. The minimum atomic E-state index is 0.705. The third kappa shape index (κ3) is 3.90. The topological polar surface area (TPSA) is 9.23 Å². The van der Waals surface area contributed by atoms with Crippen molar-refractivity contribution in [3.05, 3.63) is 59.7 Å². The smallest absolute Gasteiger partial charge is 0.119 e. The molecule has 2 rings (SSSR count). The number of benzene rings is 2. The molecule has 0 fully saturated rings. The molecule has 0 aliphatic rings. The maximum atomic E-state index is 5.43. The van der Waals surface area contributed by atoms with Gasteiger partial charge in [-0.25, -0.2) is 0 Å². The van der Waals surface area contributed by atoms with Gasteiger partial charge in [-0.15, -0.1) is 11.8 Å². The molecule has 0 bridgehead atoms. The molecule has 2 aromatic rings. The van der Waals surface area contributed by atoms with Gasteiger partial charge < -0.3 is 4.74 Å². The summed E-state index contributed by atoms with van der Waals surface area (Å²) in [5.41, 5.74) is 2.43. The van der Waals surface area contributed by atoms with Crippen LogP contribution in [0.5, 0.6) is 5.75 Å². The fourth-order valence-electron chi connectivity index (χ4n) is 1.83. The largest absolute Gasteiger partial charge is 0.494 e. The molecule has 0 saturated heterocycles. The normalized spacial score (nSPS) is 10.8. The summed E-state index contributed by atoms with van der Waals surface area (Å²) in [5.74, 6) is 0.921. The number of hydrogen-bond donors (Lipinski definition) is 0. The summed E-state index contributed by atoms with van der Waals surface area (Å²) in [6, 6.07) is 16.6. The molecule has 2 aromatic carbocycles. The molecule has 98 valence electrons. The molecule has 0 amide bonds. The zero-order valence-electron chi connectivity index (χ0n) is 11.3. The van der Waals surface area contributed by atoms with Gasteiger partial charge >= 0.3 is 0 Å². The van der Waals surface area contributed by atoms with E-state index in [0.717, 1.165) is 5.75 Å². The lowest BCUT2D eigenvalue weighted by Crippen LogP contribution is -1.90. The van der Waals surface area contributed by atoms with Gasteiger partial charge in [0.2, 0.25) is 0 Å². The van der Waals surface area contributed by atoms with E-state index < -0.39 is 0 Å². The highest BCUT2D eigenvalue weighted by Gasteiger charge is 1.96. The predicted molar refractivity (Wildman–Crippen MR) is 84.8 cm³/mol. The molecule has 0 heterocycles. The fraction of sp³-hybridized carbons (Fsp3) is 0.176. The van der Waals surface area contributed by atoms with E-state index in [2.05, 4.69) is 54.8 Å². The lowest BCUT2D eigenvalue weighted by Gasteiger charge is -2.03. The second-order valence-electron chi connectivity index (χ2n) is 4.08. The van der Waals surface area contributed by atoms with Gasteiger partial charge in [-0.2, -0.15) is 0 Å². The number of hydrogen-bond acceptors (Lipinski definition) is 2. The number of thioether (sulfide) groups is 1. The SMILES string of the molecule is CCOc1ccc(C=Cc2ccccc2SC)cc1. The van der Waals surface area contributed by atoms with E-state index in [1.807, 2.05) is 19.1 Å². The zero-order chi connectivity index (χ0) is 13.5. The fourth-order valence-corrected chi connectivity index (χ4v) is 2.42. The van der Waals surface area contributed by atoms with Gasteiger partial charge in [-0.3, -0.25) is 0 Å². The van der Waals surface area contributed by atoms with Gasteiger partial charge in [-0.05, 0) is 42.5 Å². The van der Waals surface area contributed by atoms with Crippen molar-refractivity contribution in [2.45, 2.75) is 11.8 Å². The molecule has 19 heavy (non-hydrogen) atoms. The Morgan fingerprint density at radius 2 is 1.74 bits per heavy atom. The molecule has 0 aromatic heterocycles. The van der Waals surface area contributed by atoms with Crippen molar-refractivity contribution >= 4 is 23.9 Å². The second kappa shape index (κ2) is 7.05. The first-order valence-electron chi connectivity index (χ1n) is 6.37. The molecular weight excluding hydrogens is 252 g/mol. The van der Waals surface area contributed by atoms with Crippen LogP contribution < -0.4 is 4.74 Å². The summed E-state index contributed by atoms with van der Waals surface area (Å²) in [5, 5.41) is 0. The Kier molecular flexibility index (Phi) is 5.10. The standard InChI is InChI=1S/C17H18OS/c1-3-18-16-12-9-14(10-13-16)8-11-15-6-4-5-7-17(15)19-2/h4-13H,3H2,1-2H3. The molecule has 0 N–H and O–H groups in total. The third-order valence-corrected chi connectivity index (χ3v) is 3.60. The Morgan fingerprint density at radius 1 is 1.00 bits per heavy atom. The summed E-state index contributed by atoms with van der Waals surface area (Å²) >= 11 is 1.77. The van der Waals surface area contributed by atoms with Crippen molar-refractivity contribution < 1.29 is 4.74 Å². The van der Waals surface area contributed by atoms with Crippen molar-refractivity contribution in [1.29, 1.82) is 0 Å². The van der Waals surface area contributed by atoms with Crippen LogP contribution in [0.15, 0.2) is 53.4 Å². The quantitative estimate of drug-likeness (QED) is 0.560. The van der Waals surface area contributed by atoms with Gasteiger partial charge in [-0.1, -0.05) is 42.5 Å². The highest BCUT2D eigenvalue weighted by atomic mass is 32.2. The number of rotatable bonds is 5. The van der Waals surface area contributed by atoms with Crippen molar-refractivity contribution in [3.8, 4) is 5.75 Å². The van der Waals surface area contributed by atoms with Crippen molar-refractivity contribution in [2.24, 2.45) is 0 Å². The van der Waals surface area contributed by atoms with Crippen molar-refractivity contribution in [1.82, 2.24) is 0 Å². The van der Waals surface area contributed by atoms with E-state index >= 15 is 0 Å². The Balaban J connectivity index is 2.13. The molecule has 0 saturated carbocycles. The van der Waals surface area contributed by atoms with Crippen LogP contribution in [0, 0.1) is 0 Å². The zero-order valence-corrected chi connectivity index (χ0v) is 12.1. The lowest BCUT2D eigenvalue weighted by atomic mass is 10.1. The average molecular weight is 270 g/mol. The highest BCUT2D eigenvalue weighted by molar-refractivity contribution is 7.98. The van der Waals surface area contributed by atoms with Gasteiger partial charge in [0.05, 0.1) is 6.61 Å². The van der Waals surface area contributed by atoms with Crippen molar-refractivity contribution in [2.75, 3.05) is 12.9 Å². The Hall–Kier alpha value is -1.67. The molecule has 0 unspecified atom stereocenters. The van der Waals surface area contributed by atoms with Crippen LogP contribution in [0.4, 0.5) is 0 Å². The number of ether oxygens (including phenoxy) is 1. The Bertz CT molecular complexity index is 543. The predicted octanol–water partition coefficient (Wildman–Crippen LogP) is 4.98. The van der Waals surface area contributed by atoms with E-state index in [1.54, 1.807) is 11.8 Å². The van der Waals surface area contributed by atoms with Crippen LogP contribution in [0.1, 0.15) is 18.1 Å². The van der Waals surface area contributed by atoms with Gasteiger partial charge in [0.15, 0.2) is 0 Å². The summed E-state index contributed by atoms with van der Waals surface area (Å²) in [4.78, 5) is 1.30. The van der Waals surface area contributed by atoms with Crippen LogP contribution in [0.25, 0.3) is 12.2 Å². The summed E-state index contributed by atoms with van der Waals surface area (Å²) in [6.07, 6.45) is 6.38. The Labute approximate surface area is 119 Å². The summed E-state index contributed by atoms with van der Waals surface area (Å²) < 4.78 is 5.43. The Morgan fingerprint density at radius 3 is 2.42 bits per heavy atom. The molecular formula is C17H18OS. The average Bonchev–Trinajstić information content (AvgIpc) is 2.47. The first kappa shape index (κ1) is 13.8. The summed E-state index contributed by atoms with van der Waals surface area (Å²) in [7, 11) is 0. The molecule has 0 atom stereocenters. The third-order valence-electron chi connectivity index (χ3n) is 2.79. The van der Waals surface area contributed by atoms with Crippen LogP contribution >= 0.6 is 11.8 Å². The molecule has 0 radical (unpaired) electrons. The molecule has 0 aliphatic carbocycles. The maximum absolute atomic E-state index is 5.43. The van der Waals surface area contributed by atoms with E-state index in [1.165, 1.54) is 16.0 Å². The maximum Gasteiger partial charge on any atom is 0.119 e.